The van der Waals surface area contributed by atoms with Crippen molar-refractivity contribution in [3.05, 3.63) is 42.1 Å². The Labute approximate surface area is 135 Å². The molecule has 1 aromatic carbocycles. The van der Waals surface area contributed by atoms with Crippen molar-refractivity contribution in [1.82, 2.24) is 4.98 Å². The second kappa shape index (κ2) is 6.08. The zero-order valence-electron chi connectivity index (χ0n) is 13.0. The van der Waals surface area contributed by atoms with Crippen molar-refractivity contribution in [1.29, 1.82) is 0 Å². The van der Waals surface area contributed by atoms with E-state index in [0.29, 0.717) is 30.5 Å². The summed E-state index contributed by atoms with van der Waals surface area (Å²) in [4.78, 5) is 4.17. The van der Waals surface area contributed by atoms with Crippen LogP contribution in [0.2, 0.25) is 0 Å². The van der Waals surface area contributed by atoms with Crippen molar-refractivity contribution in [3.63, 3.8) is 0 Å². The lowest BCUT2D eigenvalue weighted by atomic mass is 10.2. The van der Waals surface area contributed by atoms with Gasteiger partial charge in [0.15, 0.2) is 0 Å². The average molecular weight is 334 g/mol. The monoisotopic (exact) mass is 334 g/mol. The summed E-state index contributed by atoms with van der Waals surface area (Å²) in [6.07, 6.45) is 1.32. The molecule has 0 unspecified atom stereocenters. The molecule has 2 aromatic rings. The number of hydrogen-bond donors (Lipinski definition) is 0. The molecule has 6 nitrogen and oxygen atoms in total. The molecule has 0 radical (unpaired) electrons. The molecule has 1 aliphatic rings. The van der Waals surface area contributed by atoms with Crippen LogP contribution in [0.25, 0.3) is 0 Å². The Morgan fingerprint density at radius 2 is 2.13 bits per heavy atom. The highest BCUT2D eigenvalue weighted by molar-refractivity contribution is 7.92. The lowest BCUT2D eigenvalue weighted by molar-refractivity contribution is 0.315. The molecule has 0 N–H and O–H groups in total. The lowest BCUT2D eigenvalue weighted by Gasteiger charge is -2.30. The van der Waals surface area contributed by atoms with Crippen molar-refractivity contribution in [2.24, 2.45) is 0 Å². The van der Waals surface area contributed by atoms with Gasteiger partial charge in [-0.2, -0.15) is 0 Å². The molecule has 0 atom stereocenters. The minimum atomic E-state index is -3.68. The van der Waals surface area contributed by atoms with Gasteiger partial charge in [-0.25, -0.2) is 13.4 Å². The van der Waals surface area contributed by atoms with Crippen molar-refractivity contribution in [2.45, 2.75) is 18.7 Å². The predicted molar refractivity (Wildman–Crippen MR) is 86.6 cm³/mol. The molecule has 23 heavy (non-hydrogen) atoms. The quantitative estimate of drug-likeness (QED) is 0.859. The minimum absolute atomic E-state index is 0.134. The molecule has 2 heterocycles. The van der Waals surface area contributed by atoms with Crippen LogP contribution in [0.1, 0.15) is 12.5 Å². The summed E-state index contributed by atoms with van der Waals surface area (Å²) in [5.74, 6) is 0.989. The summed E-state index contributed by atoms with van der Waals surface area (Å²) in [5, 5.41) is 0. The highest BCUT2D eigenvalue weighted by Crippen LogP contribution is 2.35. The Hall–Kier alpha value is -2.28. The molecule has 0 saturated heterocycles. The van der Waals surface area contributed by atoms with Crippen LogP contribution in [0.15, 0.2) is 41.4 Å². The molecule has 1 aromatic heterocycles. The van der Waals surface area contributed by atoms with E-state index in [4.69, 9.17) is 9.47 Å². The number of aryl methyl sites for hydroxylation is 1. The molecule has 122 valence electrons. The smallest absolute Gasteiger partial charge is 0.266 e. The van der Waals surface area contributed by atoms with Crippen LogP contribution in [0.4, 0.5) is 5.69 Å². The third-order valence-electron chi connectivity index (χ3n) is 3.53. The molecule has 0 spiro atoms. The predicted octanol–water partition coefficient (Wildman–Crippen LogP) is 2.38. The van der Waals surface area contributed by atoms with Crippen LogP contribution >= 0.6 is 0 Å². The molecule has 0 fully saturated rings. The number of aromatic nitrogens is 1. The molecule has 7 heteroatoms. The van der Waals surface area contributed by atoms with Gasteiger partial charge in [0.2, 0.25) is 5.88 Å². The fourth-order valence-electron chi connectivity index (χ4n) is 2.43. The van der Waals surface area contributed by atoms with Crippen molar-refractivity contribution in [3.8, 4) is 11.6 Å². The fraction of sp³-hybridized carbons (Fsp3) is 0.312. The van der Waals surface area contributed by atoms with Crippen molar-refractivity contribution >= 4 is 15.7 Å². The number of sulfonamides is 1. The zero-order chi connectivity index (χ0) is 16.4. The molecule has 0 aliphatic carbocycles. The molecule has 1 aliphatic heterocycles. The van der Waals surface area contributed by atoms with Crippen LogP contribution in [0.3, 0.4) is 0 Å². The van der Waals surface area contributed by atoms with Crippen LogP contribution < -0.4 is 13.8 Å². The Balaban J connectivity index is 1.97. The average Bonchev–Trinajstić information content (AvgIpc) is 2.55. The molecular weight excluding hydrogens is 316 g/mol. The number of hydrogen-bond acceptors (Lipinski definition) is 5. The first kappa shape index (κ1) is 15.6. The largest absolute Gasteiger partial charge is 0.489 e. The SMILES string of the molecule is CCOc1ccc(S(=O)(=O)N2CCOc3cc(C)ccc32)cn1. The Morgan fingerprint density at radius 3 is 2.83 bits per heavy atom. The van der Waals surface area contributed by atoms with E-state index < -0.39 is 10.0 Å². The number of ether oxygens (including phenoxy) is 2. The number of fused-ring (bicyclic) bond motifs is 1. The van der Waals surface area contributed by atoms with Gasteiger partial charge in [-0.05, 0) is 37.6 Å². The number of benzene rings is 1. The summed E-state index contributed by atoms with van der Waals surface area (Å²) in [7, 11) is -3.68. The van der Waals surface area contributed by atoms with E-state index >= 15 is 0 Å². The molecule has 0 amide bonds. The van der Waals surface area contributed by atoms with E-state index in [0.717, 1.165) is 5.56 Å². The highest BCUT2D eigenvalue weighted by Gasteiger charge is 2.30. The maximum atomic E-state index is 12.9. The van der Waals surface area contributed by atoms with Crippen LogP contribution in [-0.2, 0) is 10.0 Å². The van der Waals surface area contributed by atoms with Crippen molar-refractivity contribution in [2.75, 3.05) is 24.1 Å². The van der Waals surface area contributed by atoms with Crippen LogP contribution in [-0.4, -0.2) is 33.2 Å². The van der Waals surface area contributed by atoms with Gasteiger partial charge < -0.3 is 9.47 Å². The summed E-state index contributed by atoms with van der Waals surface area (Å²) >= 11 is 0. The van der Waals surface area contributed by atoms with Gasteiger partial charge in [-0.3, -0.25) is 4.31 Å². The van der Waals surface area contributed by atoms with Gasteiger partial charge in [-0.1, -0.05) is 6.07 Å². The molecule has 0 bridgehead atoms. The first-order chi connectivity index (χ1) is 11.0. The molecule has 0 saturated carbocycles. The van der Waals surface area contributed by atoms with E-state index in [2.05, 4.69) is 4.98 Å². The van der Waals surface area contributed by atoms with Crippen LogP contribution in [0.5, 0.6) is 11.6 Å². The maximum absolute atomic E-state index is 12.9. The third-order valence-corrected chi connectivity index (χ3v) is 5.32. The second-order valence-electron chi connectivity index (χ2n) is 5.16. The fourth-order valence-corrected chi connectivity index (χ4v) is 3.84. The van der Waals surface area contributed by atoms with Gasteiger partial charge in [0.1, 0.15) is 17.3 Å². The maximum Gasteiger partial charge on any atom is 0.266 e. The van der Waals surface area contributed by atoms with Crippen molar-refractivity contribution < 1.29 is 17.9 Å². The Bertz CT molecular complexity index is 803. The minimum Gasteiger partial charge on any atom is -0.489 e. The highest BCUT2D eigenvalue weighted by atomic mass is 32.2. The summed E-state index contributed by atoms with van der Waals surface area (Å²) < 4.78 is 38.0. The third kappa shape index (κ3) is 2.96. The van der Waals surface area contributed by atoms with E-state index in [1.54, 1.807) is 12.1 Å². The normalized spacial score (nSPS) is 14.1. The van der Waals surface area contributed by atoms with E-state index in [-0.39, 0.29) is 11.4 Å². The summed E-state index contributed by atoms with van der Waals surface area (Å²) in [5.41, 5.74) is 1.57. The molecular formula is C16H18N2O4S. The van der Waals surface area contributed by atoms with Gasteiger partial charge in [-0.15, -0.1) is 0 Å². The van der Waals surface area contributed by atoms with Gasteiger partial charge >= 0.3 is 0 Å². The zero-order valence-corrected chi connectivity index (χ0v) is 13.8. The lowest BCUT2D eigenvalue weighted by Crippen LogP contribution is -2.38. The standard InChI is InChI=1S/C16H18N2O4S/c1-3-21-16-7-5-13(11-17-16)23(19,20)18-8-9-22-15-10-12(2)4-6-14(15)18/h4-7,10-11H,3,8-9H2,1-2H3. The van der Waals surface area contributed by atoms with Crippen LogP contribution in [0, 0.1) is 6.92 Å². The second-order valence-corrected chi connectivity index (χ2v) is 7.02. The number of anilines is 1. The van der Waals surface area contributed by atoms with Gasteiger partial charge in [0, 0.05) is 6.07 Å². The summed E-state index contributed by atoms with van der Waals surface area (Å²) in [6, 6.07) is 8.55. The van der Waals surface area contributed by atoms with Gasteiger partial charge in [0.25, 0.3) is 10.0 Å². The van der Waals surface area contributed by atoms with E-state index in [1.807, 2.05) is 26.0 Å². The first-order valence-corrected chi connectivity index (χ1v) is 8.81. The van der Waals surface area contributed by atoms with E-state index in [1.165, 1.54) is 16.6 Å². The first-order valence-electron chi connectivity index (χ1n) is 7.37. The number of pyridine rings is 1. The number of rotatable bonds is 4. The topological polar surface area (TPSA) is 68.7 Å². The summed E-state index contributed by atoms with van der Waals surface area (Å²) in [6.45, 7) is 4.85. The number of nitrogens with zero attached hydrogens (tertiary/aromatic N) is 2. The van der Waals surface area contributed by atoms with Gasteiger partial charge in [0.05, 0.1) is 25.0 Å². The Kier molecular flexibility index (Phi) is 4.12. The Morgan fingerprint density at radius 1 is 1.30 bits per heavy atom. The van der Waals surface area contributed by atoms with E-state index in [9.17, 15) is 8.42 Å². The molecule has 3 rings (SSSR count).